The first-order valence-electron chi connectivity index (χ1n) is 6.68. The van der Waals surface area contributed by atoms with E-state index in [0.29, 0.717) is 11.5 Å². The molecule has 1 aliphatic carbocycles. The minimum absolute atomic E-state index is 0.0525. The molecule has 1 aromatic carbocycles. The summed E-state index contributed by atoms with van der Waals surface area (Å²) in [4.78, 5) is 22.0. The second kappa shape index (κ2) is 6.00. The topological polar surface area (TPSA) is 95.5 Å². The molecule has 0 aliphatic heterocycles. The van der Waals surface area contributed by atoms with Crippen LogP contribution < -0.4 is 5.73 Å². The predicted molar refractivity (Wildman–Crippen MR) is 73.3 cm³/mol. The molecule has 2 rings (SSSR count). The summed E-state index contributed by atoms with van der Waals surface area (Å²) in [6.07, 6.45) is 2.82. The predicted octanol–water partition coefficient (Wildman–Crippen LogP) is 2.27. The van der Waals surface area contributed by atoms with E-state index in [4.69, 9.17) is 10.5 Å². The van der Waals surface area contributed by atoms with Crippen LogP contribution >= 0.6 is 0 Å². The molecule has 1 unspecified atom stereocenters. The van der Waals surface area contributed by atoms with Gasteiger partial charge in [0, 0.05) is 18.2 Å². The highest BCUT2D eigenvalue weighted by Gasteiger charge is 2.29. The van der Waals surface area contributed by atoms with Gasteiger partial charge in [-0.05, 0) is 31.4 Å². The van der Waals surface area contributed by atoms with Crippen molar-refractivity contribution in [1.29, 1.82) is 0 Å². The maximum atomic E-state index is 12.0. The zero-order valence-electron chi connectivity index (χ0n) is 11.3. The summed E-state index contributed by atoms with van der Waals surface area (Å²) in [5.74, 6) is 0.124. The molecule has 6 heteroatoms. The lowest BCUT2D eigenvalue weighted by molar-refractivity contribution is -0.384. The van der Waals surface area contributed by atoms with Gasteiger partial charge in [-0.1, -0.05) is 12.8 Å². The van der Waals surface area contributed by atoms with Crippen molar-refractivity contribution in [1.82, 2.24) is 0 Å². The molecule has 2 atom stereocenters. The fourth-order valence-corrected chi connectivity index (χ4v) is 1.98. The van der Waals surface area contributed by atoms with Gasteiger partial charge in [0.25, 0.3) is 5.69 Å². The van der Waals surface area contributed by atoms with Gasteiger partial charge in [-0.15, -0.1) is 0 Å². The summed E-state index contributed by atoms with van der Waals surface area (Å²) in [6.45, 7) is 1.82. The molecule has 0 saturated heterocycles. The van der Waals surface area contributed by atoms with Crippen molar-refractivity contribution in [2.75, 3.05) is 0 Å². The Bertz CT molecular complexity index is 494. The number of nitro groups is 1. The van der Waals surface area contributed by atoms with Crippen LogP contribution in [0.3, 0.4) is 0 Å². The Balaban J connectivity index is 1.99. The third-order valence-corrected chi connectivity index (χ3v) is 3.42. The van der Waals surface area contributed by atoms with Crippen LogP contribution in [0.15, 0.2) is 24.3 Å². The molecule has 6 nitrogen and oxygen atoms in total. The highest BCUT2D eigenvalue weighted by atomic mass is 16.6. The van der Waals surface area contributed by atoms with E-state index in [1.807, 2.05) is 6.92 Å². The molecule has 0 radical (unpaired) electrons. The molecule has 0 aromatic heterocycles. The number of benzene rings is 1. The molecular formula is C14H18N2O4. The Kier molecular flexibility index (Phi) is 4.34. The van der Waals surface area contributed by atoms with Crippen molar-refractivity contribution in [3.05, 3.63) is 39.9 Å². The largest absolute Gasteiger partial charge is 0.457 e. The van der Waals surface area contributed by atoms with Gasteiger partial charge in [-0.25, -0.2) is 4.79 Å². The molecule has 2 N–H and O–H groups in total. The van der Waals surface area contributed by atoms with Crippen LogP contribution in [-0.4, -0.2) is 23.0 Å². The molecule has 108 valence electrons. The maximum absolute atomic E-state index is 12.0. The van der Waals surface area contributed by atoms with Crippen LogP contribution in [-0.2, 0) is 4.74 Å². The monoisotopic (exact) mass is 278 g/mol. The zero-order valence-corrected chi connectivity index (χ0v) is 11.3. The van der Waals surface area contributed by atoms with Crippen LogP contribution in [0.5, 0.6) is 0 Å². The molecule has 0 amide bonds. The number of carbonyl (C=O) groups is 1. The van der Waals surface area contributed by atoms with Gasteiger partial charge in [-0.3, -0.25) is 10.1 Å². The van der Waals surface area contributed by atoms with Crippen LogP contribution in [0.4, 0.5) is 5.69 Å². The highest BCUT2D eigenvalue weighted by Crippen LogP contribution is 2.34. The van der Waals surface area contributed by atoms with Gasteiger partial charge in [0.15, 0.2) is 0 Å². The number of nitrogens with zero attached hydrogens (tertiary/aromatic N) is 1. The van der Waals surface area contributed by atoms with E-state index in [2.05, 4.69) is 0 Å². The highest BCUT2D eigenvalue weighted by molar-refractivity contribution is 5.89. The van der Waals surface area contributed by atoms with Gasteiger partial charge in [0.1, 0.15) is 6.10 Å². The summed E-state index contributed by atoms with van der Waals surface area (Å²) < 4.78 is 5.42. The Morgan fingerprint density at radius 1 is 1.45 bits per heavy atom. The van der Waals surface area contributed by atoms with Gasteiger partial charge < -0.3 is 10.5 Å². The van der Waals surface area contributed by atoms with Gasteiger partial charge in [0.05, 0.1) is 10.5 Å². The third-order valence-electron chi connectivity index (χ3n) is 3.42. The van der Waals surface area contributed by atoms with Crippen molar-refractivity contribution in [3.63, 3.8) is 0 Å². The number of ether oxygens (including phenoxy) is 1. The molecule has 1 aromatic rings. The second-order valence-corrected chi connectivity index (χ2v) is 5.29. The molecule has 1 saturated carbocycles. The van der Waals surface area contributed by atoms with Crippen LogP contribution in [0.2, 0.25) is 0 Å². The Hall–Kier alpha value is -1.95. The van der Waals surface area contributed by atoms with Crippen LogP contribution in [0.25, 0.3) is 0 Å². The van der Waals surface area contributed by atoms with E-state index >= 15 is 0 Å². The molecule has 0 bridgehead atoms. The number of esters is 1. The van der Waals surface area contributed by atoms with Crippen molar-refractivity contribution in [2.24, 2.45) is 11.7 Å². The Morgan fingerprint density at radius 2 is 2.05 bits per heavy atom. The molecule has 0 heterocycles. The average Bonchev–Trinajstić information content (AvgIpc) is 3.21. The van der Waals surface area contributed by atoms with E-state index in [9.17, 15) is 14.9 Å². The van der Waals surface area contributed by atoms with Gasteiger partial charge in [-0.2, -0.15) is 0 Å². The summed E-state index contributed by atoms with van der Waals surface area (Å²) >= 11 is 0. The van der Waals surface area contributed by atoms with E-state index in [1.54, 1.807) is 0 Å². The number of nitrogens with two attached hydrogens (primary N) is 1. The quantitative estimate of drug-likeness (QED) is 0.489. The number of rotatable bonds is 6. The molecule has 20 heavy (non-hydrogen) atoms. The smallest absolute Gasteiger partial charge is 0.338 e. The zero-order chi connectivity index (χ0) is 14.7. The summed E-state index contributed by atoms with van der Waals surface area (Å²) in [5, 5.41) is 10.6. The normalized spacial score (nSPS) is 17.3. The van der Waals surface area contributed by atoms with Crippen molar-refractivity contribution < 1.29 is 14.5 Å². The lowest BCUT2D eigenvalue weighted by Crippen LogP contribution is -2.36. The van der Waals surface area contributed by atoms with Crippen molar-refractivity contribution in [3.8, 4) is 0 Å². The van der Waals surface area contributed by atoms with Crippen LogP contribution in [0, 0.1) is 16.0 Å². The van der Waals surface area contributed by atoms with E-state index in [0.717, 1.165) is 19.3 Å². The lowest BCUT2D eigenvalue weighted by atomic mass is 10.1. The average molecular weight is 278 g/mol. The number of nitro benzene ring substituents is 1. The molecule has 1 fully saturated rings. The molecule has 0 spiro atoms. The number of non-ortho nitro benzene ring substituents is 1. The van der Waals surface area contributed by atoms with Crippen molar-refractivity contribution in [2.45, 2.75) is 38.3 Å². The maximum Gasteiger partial charge on any atom is 0.338 e. The van der Waals surface area contributed by atoms with E-state index in [-0.39, 0.29) is 17.8 Å². The summed E-state index contributed by atoms with van der Waals surface area (Å²) in [5.41, 5.74) is 6.09. The Morgan fingerprint density at radius 3 is 2.50 bits per heavy atom. The number of hydrogen-bond acceptors (Lipinski definition) is 5. The Labute approximate surface area is 117 Å². The van der Waals surface area contributed by atoms with Crippen LogP contribution in [0.1, 0.15) is 36.5 Å². The minimum atomic E-state index is -0.507. The van der Waals surface area contributed by atoms with E-state index < -0.39 is 10.9 Å². The minimum Gasteiger partial charge on any atom is -0.457 e. The summed E-state index contributed by atoms with van der Waals surface area (Å²) in [6, 6.07) is 5.15. The fraction of sp³-hybridized carbons (Fsp3) is 0.500. The first kappa shape index (κ1) is 14.5. The SMILES string of the molecule is C[C@H](N)C(CC1CC1)OC(=O)c1ccc([N+](=O)[O-])cc1. The molecular weight excluding hydrogens is 260 g/mol. The summed E-state index contributed by atoms with van der Waals surface area (Å²) in [7, 11) is 0. The van der Waals surface area contributed by atoms with Crippen molar-refractivity contribution >= 4 is 11.7 Å². The first-order chi connectivity index (χ1) is 9.47. The van der Waals surface area contributed by atoms with E-state index in [1.165, 1.54) is 24.3 Å². The third kappa shape index (κ3) is 3.77. The number of carbonyl (C=O) groups excluding carboxylic acids is 1. The first-order valence-corrected chi connectivity index (χ1v) is 6.68. The molecule has 1 aliphatic rings. The lowest BCUT2D eigenvalue weighted by Gasteiger charge is -2.21. The fourth-order valence-electron chi connectivity index (χ4n) is 1.98. The standard InChI is InChI=1S/C14H18N2O4/c1-9(15)13(8-10-2-3-10)20-14(17)11-4-6-12(7-5-11)16(18)19/h4-7,9-10,13H,2-3,8,15H2,1H3/t9-,13?/m0/s1. The number of hydrogen-bond donors (Lipinski definition) is 1. The van der Waals surface area contributed by atoms with Gasteiger partial charge in [0.2, 0.25) is 0 Å². The van der Waals surface area contributed by atoms with Gasteiger partial charge >= 0.3 is 5.97 Å². The second-order valence-electron chi connectivity index (χ2n) is 5.29.